The standard InChI is InChI=1S/C16H12N4O4S/c1-18(16(25)17-10-6-8-11(9-7-10)20(23)24)19-14(21)12-4-2-3-5-13(12)15(19)22/h2-9H,1H3,(H,17,25). The molecule has 8 nitrogen and oxygen atoms in total. The minimum Gasteiger partial charge on any atom is -0.331 e. The zero-order valence-corrected chi connectivity index (χ0v) is 13.8. The number of imide groups is 1. The summed E-state index contributed by atoms with van der Waals surface area (Å²) in [7, 11) is 1.49. The van der Waals surface area contributed by atoms with E-state index in [1.807, 2.05) is 0 Å². The fourth-order valence-corrected chi connectivity index (χ4v) is 2.61. The van der Waals surface area contributed by atoms with E-state index in [1.165, 1.54) is 36.3 Å². The first-order chi connectivity index (χ1) is 11.9. The lowest BCUT2D eigenvalue weighted by molar-refractivity contribution is -0.384. The third-order valence-electron chi connectivity index (χ3n) is 3.70. The summed E-state index contributed by atoms with van der Waals surface area (Å²) in [4.78, 5) is 35.0. The predicted molar refractivity (Wildman–Crippen MR) is 94.0 cm³/mol. The molecule has 3 rings (SSSR count). The Morgan fingerprint density at radius 3 is 2.08 bits per heavy atom. The molecule has 0 saturated heterocycles. The summed E-state index contributed by atoms with van der Waals surface area (Å²) < 4.78 is 0. The molecule has 1 aliphatic rings. The number of nitrogens with one attached hydrogen (secondary N) is 1. The molecule has 1 N–H and O–H groups in total. The zero-order chi connectivity index (χ0) is 18.1. The number of amides is 2. The first kappa shape index (κ1) is 16.5. The van der Waals surface area contributed by atoms with Crippen LogP contribution in [0.3, 0.4) is 0 Å². The van der Waals surface area contributed by atoms with E-state index in [-0.39, 0.29) is 10.8 Å². The van der Waals surface area contributed by atoms with E-state index in [0.717, 1.165) is 5.01 Å². The first-order valence-corrected chi connectivity index (χ1v) is 7.58. The number of nitro benzene ring substituents is 1. The van der Waals surface area contributed by atoms with E-state index < -0.39 is 16.7 Å². The Balaban J connectivity index is 1.76. The molecule has 2 amide bonds. The van der Waals surface area contributed by atoms with E-state index in [0.29, 0.717) is 16.8 Å². The normalized spacial score (nSPS) is 12.8. The molecule has 0 aliphatic carbocycles. The number of nitro groups is 1. The van der Waals surface area contributed by atoms with Gasteiger partial charge >= 0.3 is 0 Å². The Bertz CT molecular complexity index is 862. The van der Waals surface area contributed by atoms with Gasteiger partial charge in [0, 0.05) is 24.9 Å². The van der Waals surface area contributed by atoms with Crippen molar-refractivity contribution in [3.8, 4) is 0 Å². The Labute approximate surface area is 147 Å². The van der Waals surface area contributed by atoms with Crippen molar-refractivity contribution in [3.63, 3.8) is 0 Å². The number of hydrogen-bond acceptors (Lipinski definition) is 5. The number of carbonyl (C=O) groups is 2. The van der Waals surface area contributed by atoms with E-state index >= 15 is 0 Å². The van der Waals surface area contributed by atoms with E-state index in [4.69, 9.17) is 12.2 Å². The molecule has 126 valence electrons. The van der Waals surface area contributed by atoms with Crippen molar-refractivity contribution < 1.29 is 14.5 Å². The number of non-ortho nitro benzene ring substituents is 1. The molecule has 0 aromatic heterocycles. The lowest BCUT2D eigenvalue weighted by Crippen LogP contribution is -2.48. The number of rotatable bonds is 3. The summed E-state index contributed by atoms with van der Waals surface area (Å²) in [6.07, 6.45) is 0. The fourth-order valence-electron chi connectivity index (χ4n) is 2.41. The van der Waals surface area contributed by atoms with Crippen molar-refractivity contribution >= 4 is 40.5 Å². The third-order valence-corrected chi connectivity index (χ3v) is 4.06. The predicted octanol–water partition coefficient (Wildman–Crippen LogP) is 2.43. The van der Waals surface area contributed by atoms with Gasteiger partial charge in [-0.3, -0.25) is 24.7 Å². The van der Waals surface area contributed by atoms with Crippen LogP contribution in [0.5, 0.6) is 0 Å². The molecule has 0 unspecified atom stereocenters. The summed E-state index contributed by atoms with van der Waals surface area (Å²) in [5.41, 5.74) is 1.08. The van der Waals surface area contributed by atoms with Crippen molar-refractivity contribution in [2.24, 2.45) is 0 Å². The Morgan fingerprint density at radius 1 is 1.08 bits per heavy atom. The van der Waals surface area contributed by atoms with Gasteiger partial charge in [-0.05, 0) is 36.5 Å². The quantitative estimate of drug-likeness (QED) is 0.390. The second-order valence-corrected chi connectivity index (χ2v) is 5.61. The number of anilines is 1. The highest BCUT2D eigenvalue weighted by Gasteiger charge is 2.38. The number of thiocarbonyl (C=S) groups is 1. The van der Waals surface area contributed by atoms with Gasteiger partial charge in [0.1, 0.15) is 0 Å². The SMILES string of the molecule is CN(C(=S)Nc1ccc([N+](=O)[O-])cc1)N1C(=O)c2ccccc2C1=O. The van der Waals surface area contributed by atoms with Gasteiger partial charge in [0.05, 0.1) is 16.1 Å². The summed E-state index contributed by atoms with van der Waals surface area (Å²) in [6, 6.07) is 12.1. The minimum absolute atomic E-state index is 0.0508. The highest BCUT2D eigenvalue weighted by atomic mass is 32.1. The minimum atomic E-state index is -0.507. The Hall–Kier alpha value is -3.33. The van der Waals surface area contributed by atoms with Gasteiger partial charge in [-0.15, -0.1) is 0 Å². The molecule has 0 saturated carbocycles. The average Bonchev–Trinajstić information content (AvgIpc) is 2.86. The topological polar surface area (TPSA) is 95.8 Å². The molecular formula is C16H12N4O4S. The fraction of sp³-hybridized carbons (Fsp3) is 0.0625. The molecule has 2 aromatic rings. The van der Waals surface area contributed by atoms with Crippen molar-refractivity contribution in [2.45, 2.75) is 0 Å². The smallest absolute Gasteiger partial charge is 0.280 e. The van der Waals surface area contributed by atoms with Gasteiger partial charge < -0.3 is 5.32 Å². The summed E-state index contributed by atoms with van der Waals surface area (Å²) in [6.45, 7) is 0. The molecule has 25 heavy (non-hydrogen) atoms. The molecule has 9 heteroatoms. The number of hydrazine groups is 1. The second kappa shape index (κ2) is 6.29. The van der Waals surface area contributed by atoms with E-state index in [1.54, 1.807) is 24.3 Å². The Morgan fingerprint density at radius 2 is 1.60 bits per heavy atom. The van der Waals surface area contributed by atoms with Crippen LogP contribution < -0.4 is 5.32 Å². The van der Waals surface area contributed by atoms with Crippen LogP contribution in [-0.4, -0.2) is 38.9 Å². The number of hydrogen-bond donors (Lipinski definition) is 1. The van der Waals surface area contributed by atoms with Crippen LogP contribution in [-0.2, 0) is 0 Å². The second-order valence-electron chi connectivity index (χ2n) is 5.23. The maximum atomic E-state index is 12.4. The van der Waals surface area contributed by atoms with Crippen LogP contribution >= 0.6 is 12.2 Å². The maximum Gasteiger partial charge on any atom is 0.280 e. The maximum absolute atomic E-state index is 12.4. The molecule has 0 bridgehead atoms. The summed E-state index contributed by atoms with van der Waals surface area (Å²) in [5.74, 6) is -0.924. The third kappa shape index (κ3) is 2.92. The lowest BCUT2D eigenvalue weighted by atomic mass is 10.1. The van der Waals surface area contributed by atoms with Crippen LogP contribution in [0.4, 0.5) is 11.4 Å². The average molecular weight is 356 g/mol. The van der Waals surface area contributed by atoms with Gasteiger partial charge in [-0.25, -0.2) is 0 Å². The first-order valence-electron chi connectivity index (χ1n) is 7.17. The van der Waals surface area contributed by atoms with Gasteiger partial charge in [0.15, 0.2) is 5.11 Å². The van der Waals surface area contributed by atoms with Gasteiger partial charge in [0.2, 0.25) is 0 Å². The van der Waals surface area contributed by atoms with E-state index in [9.17, 15) is 19.7 Å². The molecule has 0 spiro atoms. The molecule has 2 aromatic carbocycles. The number of benzene rings is 2. The number of nitrogens with zero attached hydrogens (tertiary/aromatic N) is 3. The molecule has 1 heterocycles. The largest absolute Gasteiger partial charge is 0.331 e. The van der Waals surface area contributed by atoms with Gasteiger partial charge in [-0.2, -0.15) is 5.01 Å². The molecule has 1 aliphatic heterocycles. The zero-order valence-electron chi connectivity index (χ0n) is 13.0. The molecule has 0 atom stereocenters. The number of fused-ring (bicyclic) bond motifs is 1. The van der Waals surface area contributed by atoms with Crippen LogP contribution in [0.2, 0.25) is 0 Å². The van der Waals surface area contributed by atoms with Gasteiger partial charge in [0.25, 0.3) is 17.5 Å². The number of carbonyl (C=O) groups excluding carboxylic acids is 2. The van der Waals surface area contributed by atoms with E-state index in [2.05, 4.69) is 5.32 Å². The highest BCUT2D eigenvalue weighted by Crippen LogP contribution is 2.24. The monoisotopic (exact) mass is 356 g/mol. The summed E-state index contributed by atoms with van der Waals surface area (Å²) >= 11 is 5.23. The van der Waals surface area contributed by atoms with Crippen LogP contribution in [0.1, 0.15) is 20.7 Å². The van der Waals surface area contributed by atoms with Crippen molar-refractivity contribution in [1.29, 1.82) is 0 Å². The van der Waals surface area contributed by atoms with Crippen molar-refractivity contribution in [3.05, 3.63) is 69.8 Å². The molecular weight excluding hydrogens is 344 g/mol. The van der Waals surface area contributed by atoms with Crippen molar-refractivity contribution in [1.82, 2.24) is 10.0 Å². The van der Waals surface area contributed by atoms with Crippen molar-refractivity contribution in [2.75, 3.05) is 12.4 Å². The van der Waals surface area contributed by atoms with Crippen LogP contribution in [0.15, 0.2) is 48.5 Å². The van der Waals surface area contributed by atoms with Gasteiger partial charge in [-0.1, -0.05) is 12.1 Å². The molecule has 0 radical (unpaired) electrons. The van der Waals surface area contributed by atoms with Crippen LogP contribution in [0, 0.1) is 10.1 Å². The lowest BCUT2D eigenvalue weighted by Gasteiger charge is -2.28. The Kier molecular flexibility index (Phi) is 4.15. The molecule has 0 fully saturated rings. The summed E-state index contributed by atoms with van der Waals surface area (Å²) in [5, 5.41) is 15.8. The highest BCUT2D eigenvalue weighted by molar-refractivity contribution is 7.80. The van der Waals surface area contributed by atoms with Crippen LogP contribution in [0.25, 0.3) is 0 Å².